The molecule has 1 N–H and O–H groups in total. The predicted molar refractivity (Wildman–Crippen MR) is 116 cm³/mol. The molecule has 0 saturated heterocycles. The molecule has 8 nitrogen and oxygen atoms in total. The number of benzene rings is 2. The number of anilines is 2. The lowest BCUT2D eigenvalue weighted by atomic mass is 10.2. The van der Waals surface area contributed by atoms with Gasteiger partial charge in [-0.05, 0) is 37.3 Å². The number of rotatable bonds is 5. The summed E-state index contributed by atoms with van der Waals surface area (Å²) >= 11 is 1.44. The summed E-state index contributed by atoms with van der Waals surface area (Å²) in [6.07, 6.45) is 3.23. The van der Waals surface area contributed by atoms with Crippen molar-refractivity contribution < 1.29 is 9.53 Å². The first kappa shape index (κ1) is 18.2. The Balaban J connectivity index is 1.49. The molecule has 0 aliphatic rings. The number of nitrogens with one attached hydrogen (secondary N) is 1. The van der Waals surface area contributed by atoms with E-state index in [0.717, 1.165) is 21.3 Å². The minimum atomic E-state index is -0.340. The van der Waals surface area contributed by atoms with Crippen molar-refractivity contribution in [2.75, 3.05) is 11.9 Å². The first-order valence-electron chi connectivity index (χ1n) is 9.32. The van der Waals surface area contributed by atoms with Gasteiger partial charge >= 0.3 is 5.97 Å². The van der Waals surface area contributed by atoms with Crippen LogP contribution in [0.15, 0.2) is 61.1 Å². The summed E-state index contributed by atoms with van der Waals surface area (Å²) in [7, 11) is 0. The monoisotopic (exact) mass is 416 g/mol. The molecule has 0 radical (unpaired) electrons. The number of ether oxygens (including phenoxy) is 1. The fraction of sp³-hybridized carbons (Fsp3) is 0.0952. The molecule has 3 aromatic heterocycles. The molecule has 0 atom stereocenters. The van der Waals surface area contributed by atoms with Crippen molar-refractivity contribution >= 4 is 49.5 Å². The van der Waals surface area contributed by atoms with E-state index in [1.807, 2.05) is 36.4 Å². The highest BCUT2D eigenvalue weighted by atomic mass is 32.1. The molecule has 2 aromatic carbocycles. The van der Waals surface area contributed by atoms with Gasteiger partial charge in [0, 0.05) is 0 Å². The lowest BCUT2D eigenvalue weighted by Crippen LogP contribution is -2.03. The van der Waals surface area contributed by atoms with Crippen LogP contribution >= 0.6 is 11.3 Å². The van der Waals surface area contributed by atoms with Gasteiger partial charge in [0.2, 0.25) is 0 Å². The summed E-state index contributed by atoms with van der Waals surface area (Å²) < 4.78 is 7.72. The Hall–Kier alpha value is -3.85. The highest BCUT2D eigenvalue weighted by molar-refractivity contribution is 7.22. The molecule has 0 aliphatic carbocycles. The zero-order chi connectivity index (χ0) is 20.5. The molecule has 30 heavy (non-hydrogen) atoms. The normalized spacial score (nSPS) is 11.1. The molecule has 3 heterocycles. The van der Waals surface area contributed by atoms with E-state index in [2.05, 4.69) is 25.4 Å². The molecule has 0 fully saturated rings. The second-order valence-corrected chi connectivity index (χ2v) is 7.43. The molecule has 0 unspecified atom stereocenters. The molecule has 0 spiro atoms. The summed E-state index contributed by atoms with van der Waals surface area (Å²) in [4.78, 5) is 25.3. The quantitative estimate of drug-likeness (QED) is 0.426. The summed E-state index contributed by atoms with van der Waals surface area (Å²) in [6, 6.07) is 15.1. The molecule has 0 bridgehead atoms. The van der Waals surface area contributed by atoms with E-state index in [1.54, 1.807) is 29.9 Å². The van der Waals surface area contributed by atoms with Crippen LogP contribution in [-0.4, -0.2) is 37.3 Å². The molecule has 148 valence electrons. The Labute approximate surface area is 175 Å². The van der Waals surface area contributed by atoms with E-state index in [4.69, 9.17) is 4.74 Å². The second-order valence-electron chi connectivity index (χ2n) is 6.40. The van der Waals surface area contributed by atoms with Gasteiger partial charge in [-0.3, -0.25) is 0 Å². The minimum Gasteiger partial charge on any atom is -0.462 e. The predicted octanol–water partition coefficient (Wildman–Crippen LogP) is 4.35. The van der Waals surface area contributed by atoms with E-state index in [1.165, 1.54) is 17.7 Å². The van der Waals surface area contributed by atoms with Crippen LogP contribution in [0.3, 0.4) is 0 Å². The fourth-order valence-corrected chi connectivity index (χ4v) is 4.03. The van der Waals surface area contributed by atoms with Crippen molar-refractivity contribution in [1.82, 2.24) is 24.7 Å². The number of para-hydroxylation sites is 1. The molecular weight excluding hydrogens is 400 g/mol. The van der Waals surface area contributed by atoms with Crippen LogP contribution in [0, 0.1) is 0 Å². The molecule has 0 saturated carbocycles. The molecule has 5 rings (SSSR count). The van der Waals surface area contributed by atoms with Crippen LogP contribution in [0.5, 0.6) is 0 Å². The first-order chi connectivity index (χ1) is 14.7. The molecule has 0 aliphatic heterocycles. The van der Waals surface area contributed by atoms with Crippen LogP contribution in [0.4, 0.5) is 10.9 Å². The van der Waals surface area contributed by atoms with E-state index >= 15 is 0 Å². The minimum absolute atomic E-state index is 0.340. The van der Waals surface area contributed by atoms with Gasteiger partial charge in [-0.25, -0.2) is 24.4 Å². The van der Waals surface area contributed by atoms with E-state index < -0.39 is 0 Å². The summed E-state index contributed by atoms with van der Waals surface area (Å²) in [5.41, 5.74) is 2.92. The Bertz CT molecular complexity index is 1360. The highest BCUT2D eigenvalue weighted by Crippen LogP contribution is 2.31. The van der Waals surface area contributed by atoms with Gasteiger partial charge in [-0.2, -0.15) is 5.10 Å². The third-order valence-corrected chi connectivity index (χ3v) is 5.43. The Morgan fingerprint density at radius 3 is 2.87 bits per heavy atom. The van der Waals surface area contributed by atoms with Crippen molar-refractivity contribution in [1.29, 1.82) is 0 Å². The van der Waals surface area contributed by atoms with Crippen LogP contribution in [0.25, 0.3) is 26.9 Å². The Morgan fingerprint density at radius 2 is 2.03 bits per heavy atom. The smallest absolute Gasteiger partial charge is 0.338 e. The second kappa shape index (κ2) is 7.53. The van der Waals surface area contributed by atoms with E-state index in [-0.39, 0.29) is 5.97 Å². The highest BCUT2D eigenvalue weighted by Gasteiger charge is 2.14. The van der Waals surface area contributed by atoms with E-state index in [0.29, 0.717) is 28.8 Å². The number of thiazole rings is 1. The summed E-state index contributed by atoms with van der Waals surface area (Å²) in [5, 5.41) is 9.18. The maximum atomic E-state index is 12.0. The van der Waals surface area contributed by atoms with Gasteiger partial charge in [0.15, 0.2) is 10.8 Å². The number of nitrogens with zero attached hydrogens (tertiary/aromatic N) is 5. The number of fused-ring (bicyclic) bond motifs is 2. The number of hydrogen-bond donors (Lipinski definition) is 1. The van der Waals surface area contributed by atoms with E-state index in [9.17, 15) is 4.79 Å². The number of aromatic nitrogens is 5. The molecule has 0 amide bonds. The zero-order valence-electron chi connectivity index (χ0n) is 15.9. The lowest BCUT2D eigenvalue weighted by molar-refractivity contribution is 0.0526. The zero-order valence-corrected chi connectivity index (χ0v) is 16.8. The van der Waals surface area contributed by atoms with Crippen molar-refractivity contribution in [3.8, 4) is 5.69 Å². The lowest BCUT2D eigenvalue weighted by Gasteiger charge is -2.04. The van der Waals surface area contributed by atoms with Crippen molar-refractivity contribution in [3.63, 3.8) is 0 Å². The average molecular weight is 416 g/mol. The standard InChI is InChI=1S/C21H16N6O2S/c1-2-29-20(28)13-8-9-16-17(10-13)30-21(25-16)26-18-15-11-24-27(19(15)23-12-22-18)14-6-4-3-5-7-14/h3-12H,2H2,1H3,(H,22,23,25,26). The number of carbonyl (C=O) groups excluding carboxylic acids is 1. The third kappa shape index (κ3) is 3.25. The third-order valence-electron chi connectivity index (χ3n) is 4.49. The van der Waals surface area contributed by atoms with Crippen LogP contribution < -0.4 is 5.32 Å². The first-order valence-corrected chi connectivity index (χ1v) is 10.1. The number of esters is 1. The maximum Gasteiger partial charge on any atom is 0.338 e. The van der Waals surface area contributed by atoms with Crippen molar-refractivity contribution in [2.45, 2.75) is 6.92 Å². The van der Waals surface area contributed by atoms with Gasteiger partial charge in [-0.1, -0.05) is 29.5 Å². The summed E-state index contributed by atoms with van der Waals surface area (Å²) in [5.74, 6) is 0.278. The van der Waals surface area contributed by atoms with Crippen LogP contribution in [0.1, 0.15) is 17.3 Å². The van der Waals surface area contributed by atoms with Gasteiger partial charge in [0.05, 0.1) is 39.7 Å². The average Bonchev–Trinajstić information content (AvgIpc) is 3.38. The van der Waals surface area contributed by atoms with Crippen molar-refractivity contribution in [2.24, 2.45) is 0 Å². The van der Waals surface area contributed by atoms with Gasteiger partial charge < -0.3 is 10.1 Å². The van der Waals surface area contributed by atoms with Crippen molar-refractivity contribution in [3.05, 3.63) is 66.6 Å². The van der Waals surface area contributed by atoms with Gasteiger partial charge in [-0.15, -0.1) is 0 Å². The Morgan fingerprint density at radius 1 is 1.17 bits per heavy atom. The van der Waals surface area contributed by atoms with Crippen LogP contribution in [-0.2, 0) is 4.74 Å². The fourth-order valence-electron chi connectivity index (χ4n) is 3.12. The number of carbonyl (C=O) groups is 1. The van der Waals surface area contributed by atoms with Gasteiger partial charge in [0.25, 0.3) is 0 Å². The SMILES string of the molecule is CCOC(=O)c1ccc2nc(Nc3ncnc4c3cnn4-c3ccccc3)sc2c1. The van der Waals surface area contributed by atoms with Gasteiger partial charge in [0.1, 0.15) is 12.1 Å². The topological polar surface area (TPSA) is 94.8 Å². The Kier molecular flexibility index (Phi) is 4.56. The van der Waals surface area contributed by atoms with Crippen LogP contribution in [0.2, 0.25) is 0 Å². The number of hydrogen-bond acceptors (Lipinski definition) is 8. The molecular formula is C21H16N6O2S. The largest absolute Gasteiger partial charge is 0.462 e. The molecule has 9 heteroatoms. The summed E-state index contributed by atoms with van der Waals surface area (Å²) in [6.45, 7) is 2.13. The maximum absolute atomic E-state index is 12.0. The molecule has 5 aromatic rings.